The molecule has 9 aromatic rings. The van der Waals surface area contributed by atoms with Crippen molar-refractivity contribution in [3.05, 3.63) is 186 Å². The molecule has 2 aliphatic rings. The molecule has 2 heterocycles. The van der Waals surface area contributed by atoms with Crippen LogP contribution in [0.25, 0.3) is 88.8 Å². The monoisotopic (exact) mass is 898 g/mol. The van der Waals surface area contributed by atoms with Crippen LogP contribution >= 0.6 is 0 Å². The average molecular weight is 899 g/mol. The molecule has 270 valence electrons. The van der Waals surface area contributed by atoms with E-state index < -0.39 is 0 Å². The van der Waals surface area contributed by atoms with Crippen molar-refractivity contribution in [3.63, 3.8) is 0 Å². The van der Waals surface area contributed by atoms with Crippen LogP contribution in [0.5, 0.6) is 0 Å². The van der Waals surface area contributed by atoms with Crippen LogP contribution in [0.2, 0.25) is 0 Å². The van der Waals surface area contributed by atoms with Crippen molar-refractivity contribution in [2.75, 3.05) is 0 Å². The molecule has 0 atom stereocenters. The van der Waals surface area contributed by atoms with Crippen molar-refractivity contribution in [2.45, 2.75) is 38.5 Å². The first kappa shape index (κ1) is 34.7. The number of nitrogens with zero attached hydrogens (tertiary/aromatic N) is 2. The molecule has 2 aromatic heterocycles. The van der Waals surface area contributed by atoms with Crippen molar-refractivity contribution in [1.29, 1.82) is 0 Å². The van der Waals surface area contributed by atoms with Crippen LogP contribution < -0.4 is 4.98 Å². The van der Waals surface area contributed by atoms with Gasteiger partial charge in [-0.05, 0) is 61.2 Å². The Kier molecular flexibility index (Phi) is 7.82. The van der Waals surface area contributed by atoms with E-state index >= 15 is 0 Å². The van der Waals surface area contributed by atoms with Crippen LogP contribution in [-0.2, 0) is 33.2 Å². The first-order valence-corrected chi connectivity index (χ1v) is 19.2. The van der Waals surface area contributed by atoms with Crippen molar-refractivity contribution < 1.29 is 22.4 Å². The maximum Gasteiger partial charge on any atom is 3.00 e. The van der Waals surface area contributed by atoms with Crippen LogP contribution in [0.4, 0.5) is 0 Å². The molecule has 3 heteroatoms. The van der Waals surface area contributed by atoms with Gasteiger partial charge >= 0.3 is 22.4 Å². The smallest absolute Gasteiger partial charge is 0.656 e. The van der Waals surface area contributed by atoms with Crippen molar-refractivity contribution >= 4 is 21.8 Å². The predicted molar refractivity (Wildman–Crippen MR) is 227 cm³/mol. The normalized spacial score (nSPS) is 14.2. The maximum absolute atomic E-state index is 5.34. The summed E-state index contributed by atoms with van der Waals surface area (Å²) in [5.74, 6) is 0. The molecule has 0 N–H and O–H groups in total. The summed E-state index contributed by atoms with van der Waals surface area (Å²) < 4.78 is 0. The summed E-state index contributed by atoms with van der Waals surface area (Å²) in [5.41, 5.74) is 20.5. The molecule has 0 saturated heterocycles. The molecule has 0 saturated carbocycles. The zero-order valence-electron chi connectivity index (χ0n) is 31.6. The van der Waals surface area contributed by atoms with Gasteiger partial charge in [0.15, 0.2) is 0 Å². The molecule has 7 aromatic carbocycles. The van der Waals surface area contributed by atoms with Gasteiger partial charge in [-0.1, -0.05) is 166 Å². The Labute approximate surface area is 343 Å². The topological polar surface area (TPSA) is 27.0 Å². The SMILES string of the molecule is CC1(C)c2ccccc2-c2c[c-]c(-c3[c-]c(-c4cccc(-c5cccc6c5[n-]c5ccccc56)n4)cc(-c4ccc5c(c4)C(C)(C)c4ccccc4-5)c3)cc21.[Au+3]. The van der Waals surface area contributed by atoms with E-state index in [4.69, 9.17) is 9.97 Å². The zero-order chi connectivity index (χ0) is 37.1. The second-order valence-electron chi connectivity index (χ2n) is 16.2. The average Bonchev–Trinajstić information content (AvgIpc) is 3.80. The van der Waals surface area contributed by atoms with Gasteiger partial charge in [0, 0.05) is 11.1 Å². The molecule has 0 radical (unpaired) electrons. The molecule has 0 spiro atoms. The van der Waals surface area contributed by atoms with E-state index in [0.717, 1.165) is 55.6 Å². The van der Waals surface area contributed by atoms with Crippen LogP contribution in [0.15, 0.2) is 152 Å². The van der Waals surface area contributed by atoms with E-state index in [1.165, 1.54) is 55.5 Å². The number of para-hydroxylation sites is 2. The third kappa shape index (κ3) is 5.10. The van der Waals surface area contributed by atoms with E-state index in [0.29, 0.717) is 0 Å². The minimum Gasteiger partial charge on any atom is -0.656 e. The standard InChI is InChI=1S/C53H37N2.Au/c1-52(2)44-18-8-5-13-37(44)39-25-23-32(30-46(39)52)34-27-35(33-24-26-40-38-14-6-9-19-45(38)53(3,4)47(40)31-33)29-36(28-34)48-21-12-22-50(54-48)43-17-11-16-42-41-15-7-10-20-49(41)55-51(42)43;/h5-23,25-28,30-31H,1-4H3;/q-3;+3. The quantitative estimate of drug-likeness (QED) is 0.130. The Morgan fingerprint density at radius 2 is 1.07 bits per heavy atom. The largest absolute Gasteiger partial charge is 3.00 e. The molecule has 56 heavy (non-hydrogen) atoms. The van der Waals surface area contributed by atoms with Crippen LogP contribution in [-0.4, -0.2) is 4.98 Å². The summed E-state index contributed by atoms with van der Waals surface area (Å²) >= 11 is 0. The maximum atomic E-state index is 5.34. The Morgan fingerprint density at radius 3 is 1.88 bits per heavy atom. The van der Waals surface area contributed by atoms with Crippen molar-refractivity contribution in [2.24, 2.45) is 0 Å². The van der Waals surface area contributed by atoms with Gasteiger partial charge in [0.2, 0.25) is 0 Å². The van der Waals surface area contributed by atoms with E-state index in [1.807, 2.05) is 6.07 Å². The van der Waals surface area contributed by atoms with Gasteiger partial charge in [0.05, 0.1) is 5.69 Å². The number of hydrogen-bond acceptors (Lipinski definition) is 1. The minimum absolute atomic E-state index is 0. The Hall–Kier alpha value is -5.77. The van der Waals surface area contributed by atoms with Gasteiger partial charge in [0.25, 0.3) is 0 Å². The molecular formula is C53H37AuN2. The van der Waals surface area contributed by atoms with E-state index in [1.54, 1.807) is 0 Å². The molecular weight excluding hydrogens is 862 g/mol. The molecule has 0 amide bonds. The van der Waals surface area contributed by atoms with Gasteiger partial charge in [-0.3, -0.25) is 4.98 Å². The minimum atomic E-state index is -0.118. The number of aromatic nitrogens is 2. The van der Waals surface area contributed by atoms with E-state index in [-0.39, 0.29) is 33.2 Å². The fraction of sp³-hybridized carbons (Fsp3) is 0.113. The Balaban J connectivity index is 0.00000384. The van der Waals surface area contributed by atoms with Crippen molar-refractivity contribution in [3.8, 4) is 67.0 Å². The molecule has 2 aliphatic carbocycles. The first-order valence-electron chi connectivity index (χ1n) is 19.2. The first-order chi connectivity index (χ1) is 26.8. The van der Waals surface area contributed by atoms with Gasteiger partial charge < -0.3 is 4.98 Å². The number of rotatable bonds is 4. The number of fused-ring (bicyclic) bond motifs is 9. The van der Waals surface area contributed by atoms with Crippen LogP contribution in [0.3, 0.4) is 0 Å². The molecule has 0 unspecified atom stereocenters. The molecule has 11 rings (SSSR count). The fourth-order valence-corrected chi connectivity index (χ4v) is 9.44. The number of hydrogen-bond donors (Lipinski definition) is 0. The molecule has 0 fully saturated rings. The third-order valence-electron chi connectivity index (χ3n) is 12.4. The van der Waals surface area contributed by atoms with Crippen LogP contribution in [0.1, 0.15) is 49.9 Å². The summed E-state index contributed by atoms with van der Waals surface area (Å²) in [7, 11) is 0. The van der Waals surface area contributed by atoms with Crippen LogP contribution in [0, 0.1) is 12.1 Å². The Morgan fingerprint density at radius 1 is 0.464 bits per heavy atom. The van der Waals surface area contributed by atoms with Gasteiger partial charge in [-0.2, -0.15) is 29.8 Å². The van der Waals surface area contributed by atoms with Gasteiger partial charge in [-0.15, -0.1) is 34.3 Å². The molecule has 0 aliphatic heterocycles. The summed E-state index contributed by atoms with van der Waals surface area (Å²) in [4.78, 5) is 10.4. The molecule has 0 bridgehead atoms. The summed E-state index contributed by atoms with van der Waals surface area (Å²) in [6.07, 6.45) is 0. The molecule has 2 nitrogen and oxygen atoms in total. The van der Waals surface area contributed by atoms with E-state index in [9.17, 15) is 0 Å². The van der Waals surface area contributed by atoms with Crippen molar-refractivity contribution in [1.82, 2.24) is 9.97 Å². The predicted octanol–water partition coefficient (Wildman–Crippen LogP) is 13.2. The fourth-order valence-electron chi connectivity index (χ4n) is 9.44. The zero-order valence-corrected chi connectivity index (χ0v) is 33.8. The summed E-state index contributed by atoms with van der Waals surface area (Å²) in [5, 5.41) is 2.31. The summed E-state index contributed by atoms with van der Waals surface area (Å²) in [6.45, 7) is 9.35. The Bertz CT molecular complexity index is 2930. The van der Waals surface area contributed by atoms with Gasteiger partial charge in [-0.25, -0.2) is 5.56 Å². The van der Waals surface area contributed by atoms with Gasteiger partial charge in [0.1, 0.15) is 0 Å². The number of pyridine rings is 1. The second kappa shape index (κ2) is 12.6. The third-order valence-corrected chi connectivity index (χ3v) is 12.4. The number of benzene rings is 7. The summed E-state index contributed by atoms with van der Waals surface area (Å²) in [6, 6.07) is 62.3. The van der Waals surface area contributed by atoms with E-state index in [2.05, 4.69) is 185 Å². The second-order valence-corrected chi connectivity index (χ2v) is 16.2.